The molecule has 2 aromatic rings. The molecule has 0 aliphatic carbocycles. The maximum atomic E-state index is 5.44. The lowest BCUT2D eigenvalue weighted by atomic mass is 10.0. The molecule has 1 aliphatic heterocycles. The molecular weight excluding hydrogens is 256 g/mol. The Bertz CT molecular complexity index is 594. The molecule has 8 heteroatoms. The van der Waals surface area contributed by atoms with E-state index in [0.29, 0.717) is 17.6 Å². The summed E-state index contributed by atoms with van der Waals surface area (Å²) in [4.78, 5) is 13.3. The van der Waals surface area contributed by atoms with Crippen LogP contribution in [0.15, 0.2) is 6.20 Å². The van der Waals surface area contributed by atoms with Gasteiger partial charge >= 0.3 is 0 Å². The normalized spacial score (nSPS) is 20.2. The van der Waals surface area contributed by atoms with Gasteiger partial charge in [-0.25, -0.2) is 5.84 Å². The molecule has 0 spiro atoms. The molecule has 4 N–H and O–H groups in total. The number of H-pyrrole nitrogens is 1. The third-order valence-electron chi connectivity index (χ3n) is 3.90. The topological polar surface area (TPSA) is 99.0 Å². The highest BCUT2D eigenvalue weighted by Gasteiger charge is 2.24. The van der Waals surface area contributed by atoms with Crippen molar-refractivity contribution in [2.75, 3.05) is 37.5 Å². The number of likely N-dealkylation sites (N-methyl/N-ethyl adjacent to an activating group) is 2. The number of fused-ring (bicyclic) bond motifs is 1. The number of aromatic nitrogens is 4. The minimum atomic E-state index is 0.396. The van der Waals surface area contributed by atoms with Gasteiger partial charge in [0.1, 0.15) is 5.82 Å². The van der Waals surface area contributed by atoms with Crippen molar-refractivity contribution in [1.29, 1.82) is 0 Å². The van der Waals surface area contributed by atoms with Crippen LogP contribution in [0.2, 0.25) is 0 Å². The number of hydrogen-bond acceptors (Lipinski definition) is 7. The van der Waals surface area contributed by atoms with Crippen LogP contribution < -0.4 is 16.2 Å². The highest BCUT2D eigenvalue weighted by Crippen LogP contribution is 2.26. The molecule has 108 valence electrons. The number of anilines is 2. The second-order valence-electron chi connectivity index (χ2n) is 5.32. The van der Waals surface area contributed by atoms with E-state index in [1.54, 1.807) is 6.20 Å². The van der Waals surface area contributed by atoms with Crippen molar-refractivity contribution in [2.45, 2.75) is 18.9 Å². The number of rotatable bonds is 3. The molecule has 0 aromatic carbocycles. The third-order valence-corrected chi connectivity index (χ3v) is 3.90. The van der Waals surface area contributed by atoms with Gasteiger partial charge in [-0.3, -0.25) is 10.5 Å². The van der Waals surface area contributed by atoms with E-state index in [4.69, 9.17) is 5.84 Å². The monoisotopic (exact) mass is 276 g/mol. The van der Waals surface area contributed by atoms with Crippen LogP contribution in [0, 0.1) is 0 Å². The first-order chi connectivity index (χ1) is 9.69. The van der Waals surface area contributed by atoms with E-state index in [-0.39, 0.29) is 0 Å². The van der Waals surface area contributed by atoms with Gasteiger partial charge in [-0.15, -0.1) is 0 Å². The molecule has 0 bridgehead atoms. The predicted octanol–water partition coefficient (Wildman–Crippen LogP) is 0.169. The smallest absolute Gasteiger partial charge is 0.241 e. The first-order valence-corrected chi connectivity index (χ1v) is 6.78. The Kier molecular flexibility index (Phi) is 3.41. The SMILES string of the molecule is CN1CCCC(N(C)c2nc(NN)nc3[nH]ncc23)C1. The van der Waals surface area contributed by atoms with Gasteiger partial charge in [-0.05, 0) is 26.4 Å². The van der Waals surface area contributed by atoms with Gasteiger partial charge in [0.2, 0.25) is 5.95 Å². The van der Waals surface area contributed by atoms with Crippen molar-refractivity contribution in [2.24, 2.45) is 5.84 Å². The van der Waals surface area contributed by atoms with Crippen LogP contribution in [0.4, 0.5) is 11.8 Å². The molecular formula is C12H20N8. The summed E-state index contributed by atoms with van der Waals surface area (Å²) in [5.74, 6) is 6.70. The van der Waals surface area contributed by atoms with Crippen LogP contribution >= 0.6 is 0 Å². The van der Waals surface area contributed by atoms with Gasteiger partial charge < -0.3 is 9.80 Å². The number of hydrazine groups is 1. The largest absolute Gasteiger partial charge is 0.355 e. The first kappa shape index (κ1) is 13.1. The summed E-state index contributed by atoms with van der Waals surface area (Å²) in [5, 5.41) is 7.83. The maximum Gasteiger partial charge on any atom is 0.241 e. The summed E-state index contributed by atoms with van der Waals surface area (Å²) in [6.07, 6.45) is 4.12. The molecule has 1 fully saturated rings. The lowest BCUT2D eigenvalue weighted by Crippen LogP contribution is -2.45. The Morgan fingerprint density at radius 1 is 1.50 bits per heavy atom. The van der Waals surface area contributed by atoms with Crippen molar-refractivity contribution >= 4 is 22.8 Å². The van der Waals surface area contributed by atoms with Crippen LogP contribution in [0.25, 0.3) is 11.0 Å². The van der Waals surface area contributed by atoms with Crippen molar-refractivity contribution in [3.63, 3.8) is 0 Å². The first-order valence-electron chi connectivity index (χ1n) is 6.78. The highest BCUT2D eigenvalue weighted by molar-refractivity contribution is 5.87. The Labute approximate surface area is 117 Å². The molecule has 3 heterocycles. The summed E-state index contributed by atoms with van der Waals surface area (Å²) in [6.45, 7) is 2.19. The van der Waals surface area contributed by atoms with Gasteiger partial charge in [-0.2, -0.15) is 15.1 Å². The van der Waals surface area contributed by atoms with Gasteiger partial charge in [0.25, 0.3) is 0 Å². The maximum absolute atomic E-state index is 5.44. The fraction of sp³-hybridized carbons (Fsp3) is 0.583. The molecule has 0 saturated carbocycles. The number of nitrogens with one attached hydrogen (secondary N) is 2. The highest BCUT2D eigenvalue weighted by atomic mass is 15.3. The quantitative estimate of drug-likeness (QED) is 0.543. The molecule has 3 rings (SSSR count). The lowest BCUT2D eigenvalue weighted by molar-refractivity contribution is 0.247. The van der Waals surface area contributed by atoms with E-state index in [0.717, 1.165) is 30.7 Å². The zero-order chi connectivity index (χ0) is 14.1. The van der Waals surface area contributed by atoms with Crippen LogP contribution in [-0.2, 0) is 0 Å². The van der Waals surface area contributed by atoms with Gasteiger partial charge in [0.15, 0.2) is 5.65 Å². The zero-order valence-corrected chi connectivity index (χ0v) is 11.8. The molecule has 1 saturated heterocycles. The fourth-order valence-electron chi connectivity index (χ4n) is 2.78. The van der Waals surface area contributed by atoms with E-state index in [1.807, 2.05) is 0 Å². The van der Waals surface area contributed by atoms with Gasteiger partial charge in [0.05, 0.1) is 11.6 Å². The van der Waals surface area contributed by atoms with E-state index in [1.165, 1.54) is 6.42 Å². The molecule has 0 amide bonds. The Balaban J connectivity index is 1.97. The lowest BCUT2D eigenvalue weighted by Gasteiger charge is -2.36. The molecule has 2 aromatic heterocycles. The van der Waals surface area contributed by atoms with Crippen LogP contribution in [-0.4, -0.2) is 58.3 Å². The number of nitrogens with zero attached hydrogens (tertiary/aromatic N) is 5. The molecule has 0 radical (unpaired) electrons. The van der Waals surface area contributed by atoms with Crippen molar-refractivity contribution in [3.05, 3.63) is 6.20 Å². The fourth-order valence-corrected chi connectivity index (χ4v) is 2.78. The molecule has 8 nitrogen and oxygen atoms in total. The Morgan fingerprint density at radius 2 is 2.35 bits per heavy atom. The van der Waals surface area contributed by atoms with Gasteiger partial charge in [0, 0.05) is 19.6 Å². The Hall–Kier alpha value is -1.93. The number of aromatic amines is 1. The average molecular weight is 276 g/mol. The minimum absolute atomic E-state index is 0.396. The second kappa shape index (κ2) is 5.22. The summed E-state index contributed by atoms with van der Waals surface area (Å²) in [6, 6.07) is 0.437. The average Bonchev–Trinajstić information content (AvgIpc) is 2.93. The third kappa shape index (κ3) is 2.27. The predicted molar refractivity (Wildman–Crippen MR) is 78.4 cm³/mol. The standard InChI is InChI=1S/C12H20N8/c1-19-5-3-4-8(7-19)20(2)11-9-6-14-18-10(9)15-12(16-11)17-13/h6,8H,3-5,7,13H2,1-2H3,(H2,14,15,16,17,18). The van der Waals surface area contributed by atoms with Crippen molar-refractivity contribution < 1.29 is 0 Å². The minimum Gasteiger partial charge on any atom is -0.355 e. The van der Waals surface area contributed by atoms with Crippen LogP contribution in [0.1, 0.15) is 12.8 Å². The van der Waals surface area contributed by atoms with E-state index >= 15 is 0 Å². The van der Waals surface area contributed by atoms with E-state index in [9.17, 15) is 0 Å². The number of piperidine rings is 1. The number of nitrogen functional groups attached to an aromatic ring is 1. The second-order valence-corrected chi connectivity index (χ2v) is 5.32. The zero-order valence-electron chi connectivity index (χ0n) is 11.8. The van der Waals surface area contributed by atoms with Gasteiger partial charge in [-0.1, -0.05) is 0 Å². The van der Waals surface area contributed by atoms with Crippen molar-refractivity contribution in [3.8, 4) is 0 Å². The van der Waals surface area contributed by atoms with Crippen molar-refractivity contribution in [1.82, 2.24) is 25.1 Å². The van der Waals surface area contributed by atoms with Crippen LogP contribution in [0.5, 0.6) is 0 Å². The molecule has 1 atom stereocenters. The van der Waals surface area contributed by atoms with E-state index in [2.05, 4.69) is 49.5 Å². The van der Waals surface area contributed by atoms with E-state index < -0.39 is 0 Å². The molecule has 1 aliphatic rings. The summed E-state index contributed by atoms with van der Waals surface area (Å²) >= 11 is 0. The number of likely N-dealkylation sites (tertiary alicyclic amines) is 1. The summed E-state index contributed by atoms with van der Waals surface area (Å²) < 4.78 is 0. The number of hydrogen-bond donors (Lipinski definition) is 3. The summed E-state index contributed by atoms with van der Waals surface area (Å²) in [5.41, 5.74) is 3.20. The number of nitrogens with two attached hydrogens (primary N) is 1. The molecule has 20 heavy (non-hydrogen) atoms. The summed E-state index contributed by atoms with van der Waals surface area (Å²) in [7, 11) is 4.22. The Morgan fingerprint density at radius 3 is 3.10 bits per heavy atom. The van der Waals surface area contributed by atoms with Crippen LogP contribution in [0.3, 0.4) is 0 Å². The molecule has 1 unspecified atom stereocenters.